The van der Waals surface area contributed by atoms with Crippen LogP contribution in [0.25, 0.3) is 0 Å². The summed E-state index contributed by atoms with van der Waals surface area (Å²) in [7, 11) is 1.70. The number of fused-ring (bicyclic) bond motifs is 1. The molecule has 1 heterocycles. The SMILES string of the molecule is COc1ccc(C)cc1C1COc2ccc(Br)cc2N1. The second-order valence-electron chi connectivity index (χ2n) is 4.89. The van der Waals surface area contributed by atoms with Gasteiger partial charge in [-0.15, -0.1) is 0 Å². The van der Waals surface area contributed by atoms with E-state index < -0.39 is 0 Å². The van der Waals surface area contributed by atoms with E-state index >= 15 is 0 Å². The molecule has 1 unspecified atom stereocenters. The lowest BCUT2D eigenvalue weighted by Gasteiger charge is -2.29. The number of methoxy groups -OCH3 is 1. The molecule has 2 aromatic carbocycles. The number of hydrogen-bond donors (Lipinski definition) is 1. The van der Waals surface area contributed by atoms with E-state index in [9.17, 15) is 0 Å². The molecule has 104 valence electrons. The zero-order valence-corrected chi connectivity index (χ0v) is 13.0. The summed E-state index contributed by atoms with van der Waals surface area (Å²) in [6.07, 6.45) is 0. The monoisotopic (exact) mass is 333 g/mol. The van der Waals surface area contributed by atoms with Crippen molar-refractivity contribution < 1.29 is 9.47 Å². The molecular formula is C16H16BrNO2. The minimum absolute atomic E-state index is 0.0895. The Morgan fingerprint density at radius 3 is 2.90 bits per heavy atom. The van der Waals surface area contributed by atoms with E-state index in [4.69, 9.17) is 9.47 Å². The maximum absolute atomic E-state index is 5.85. The molecule has 4 heteroatoms. The molecule has 1 aliphatic rings. The minimum Gasteiger partial charge on any atom is -0.496 e. The largest absolute Gasteiger partial charge is 0.496 e. The number of rotatable bonds is 2. The number of hydrogen-bond acceptors (Lipinski definition) is 3. The first-order valence-electron chi connectivity index (χ1n) is 6.51. The Balaban J connectivity index is 1.95. The molecule has 1 atom stereocenters. The van der Waals surface area contributed by atoms with Crippen LogP contribution in [0.3, 0.4) is 0 Å². The predicted molar refractivity (Wildman–Crippen MR) is 83.7 cm³/mol. The molecule has 1 N–H and O–H groups in total. The number of benzene rings is 2. The molecule has 0 saturated heterocycles. The van der Waals surface area contributed by atoms with Gasteiger partial charge in [-0.25, -0.2) is 0 Å². The van der Waals surface area contributed by atoms with Gasteiger partial charge in [0, 0.05) is 10.0 Å². The number of nitrogens with one attached hydrogen (secondary N) is 1. The van der Waals surface area contributed by atoms with E-state index in [-0.39, 0.29) is 6.04 Å². The van der Waals surface area contributed by atoms with E-state index in [1.54, 1.807) is 7.11 Å². The Hall–Kier alpha value is -1.68. The molecule has 3 rings (SSSR count). The third-order valence-corrected chi connectivity index (χ3v) is 3.93. The molecule has 0 radical (unpaired) electrons. The average Bonchev–Trinajstić information content (AvgIpc) is 2.46. The van der Waals surface area contributed by atoms with Gasteiger partial charge in [0.25, 0.3) is 0 Å². The van der Waals surface area contributed by atoms with E-state index in [2.05, 4.69) is 40.3 Å². The Bertz CT molecular complexity index is 642. The van der Waals surface area contributed by atoms with Gasteiger partial charge < -0.3 is 14.8 Å². The summed E-state index contributed by atoms with van der Waals surface area (Å²) < 4.78 is 12.3. The van der Waals surface area contributed by atoms with Gasteiger partial charge in [-0.05, 0) is 31.2 Å². The summed E-state index contributed by atoms with van der Waals surface area (Å²) >= 11 is 3.49. The van der Waals surface area contributed by atoms with Crippen molar-refractivity contribution in [1.82, 2.24) is 0 Å². The van der Waals surface area contributed by atoms with Gasteiger partial charge in [-0.2, -0.15) is 0 Å². The van der Waals surface area contributed by atoms with Crippen LogP contribution >= 0.6 is 15.9 Å². The van der Waals surface area contributed by atoms with Gasteiger partial charge >= 0.3 is 0 Å². The number of anilines is 1. The van der Waals surface area contributed by atoms with Gasteiger partial charge in [0.1, 0.15) is 18.1 Å². The lowest BCUT2D eigenvalue weighted by molar-refractivity contribution is 0.282. The molecule has 0 amide bonds. The van der Waals surface area contributed by atoms with Crippen LogP contribution in [-0.2, 0) is 0 Å². The van der Waals surface area contributed by atoms with Crippen LogP contribution in [0.5, 0.6) is 11.5 Å². The van der Waals surface area contributed by atoms with Gasteiger partial charge in [-0.1, -0.05) is 33.6 Å². The summed E-state index contributed by atoms with van der Waals surface area (Å²) in [5.41, 5.74) is 3.33. The molecule has 20 heavy (non-hydrogen) atoms. The van der Waals surface area contributed by atoms with Crippen molar-refractivity contribution in [2.24, 2.45) is 0 Å². The normalized spacial score (nSPS) is 16.9. The van der Waals surface area contributed by atoms with Gasteiger partial charge in [0.15, 0.2) is 0 Å². The van der Waals surface area contributed by atoms with Crippen LogP contribution in [0.4, 0.5) is 5.69 Å². The van der Waals surface area contributed by atoms with Crippen molar-refractivity contribution in [3.8, 4) is 11.5 Å². The summed E-state index contributed by atoms with van der Waals surface area (Å²) in [6.45, 7) is 2.67. The number of ether oxygens (including phenoxy) is 2. The first kappa shape index (κ1) is 13.3. The summed E-state index contributed by atoms with van der Waals surface area (Å²) in [6, 6.07) is 12.3. The molecule has 0 aromatic heterocycles. The second-order valence-corrected chi connectivity index (χ2v) is 5.81. The molecular weight excluding hydrogens is 318 g/mol. The van der Waals surface area contributed by atoms with E-state index in [0.29, 0.717) is 6.61 Å². The fraction of sp³-hybridized carbons (Fsp3) is 0.250. The van der Waals surface area contributed by atoms with Crippen LogP contribution in [0.2, 0.25) is 0 Å². The standard InChI is InChI=1S/C16H16BrNO2/c1-10-3-5-15(19-2)12(7-10)14-9-20-16-6-4-11(17)8-13(16)18-14/h3-8,14,18H,9H2,1-2H3. The highest BCUT2D eigenvalue weighted by Gasteiger charge is 2.23. The highest BCUT2D eigenvalue weighted by atomic mass is 79.9. The predicted octanol–water partition coefficient (Wildman–Crippen LogP) is 4.31. The van der Waals surface area contributed by atoms with Gasteiger partial charge in [-0.3, -0.25) is 0 Å². The fourth-order valence-corrected chi connectivity index (χ4v) is 2.80. The van der Waals surface area contributed by atoms with E-state index in [1.165, 1.54) is 5.56 Å². The lowest BCUT2D eigenvalue weighted by Crippen LogP contribution is -2.24. The highest BCUT2D eigenvalue weighted by molar-refractivity contribution is 9.10. The summed E-state index contributed by atoms with van der Waals surface area (Å²) in [5.74, 6) is 1.77. The Morgan fingerprint density at radius 2 is 2.10 bits per heavy atom. The van der Waals surface area contributed by atoms with Crippen molar-refractivity contribution in [2.75, 3.05) is 19.0 Å². The van der Waals surface area contributed by atoms with E-state index in [1.807, 2.05) is 24.3 Å². The van der Waals surface area contributed by atoms with Gasteiger partial charge in [0.05, 0.1) is 18.8 Å². The second kappa shape index (κ2) is 5.37. The van der Waals surface area contributed by atoms with Crippen molar-refractivity contribution >= 4 is 21.6 Å². The van der Waals surface area contributed by atoms with Crippen LogP contribution in [-0.4, -0.2) is 13.7 Å². The number of halogens is 1. The van der Waals surface area contributed by atoms with Gasteiger partial charge in [0.2, 0.25) is 0 Å². The molecule has 3 nitrogen and oxygen atoms in total. The quantitative estimate of drug-likeness (QED) is 0.888. The van der Waals surface area contributed by atoms with E-state index in [0.717, 1.165) is 27.2 Å². The molecule has 0 saturated carbocycles. The first-order chi connectivity index (χ1) is 9.67. The molecule has 0 bridgehead atoms. The van der Waals surface area contributed by atoms with Crippen molar-refractivity contribution in [3.05, 3.63) is 52.0 Å². The van der Waals surface area contributed by atoms with Crippen molar-refractivity contribution in [3.63, 3.8) is 0 Å². The number of aryl methyl sites for hydroxylation is 1. The maximum Gasteiger partial charge on any atom is 0.142 e. The molecule has 0 fully saturated rings. The van der Waals surface area contributed by atoms with Crippen LogP contribution in [0.15, 0.2) is 40.9 Å². The minimum atomic E-state index is 0.0895. The Labute approximate surface area is 127 Å². The molecule has 1 aliphatic heterocycles. The maximum atomic E-state index is 5.85. The Morgan fingerprint density at radius 1 is 1.25 bits per heavy atom. The third-order valence-electron chi connectivity index (χ3n) is 3.44. The molecule has 0 aliphatic carbocycles. The lowest BCUT2D eigenvalue weighted by atomic mass is 10.0. The average molecular weight is 334 g/mol. The molecule has 2 aromatic rings. The fourth-order valence-electron chi connectivity index (χ4n) is 2.44. The Kier molecular flexibility index (Phi) is 3.57. The summed E-state index contributed by atoms with van der Waals surface area (Å²) in [4.78, 5) is 0. The topological polar surface area (TPSA) is 30.5 Å². The van der Waals surface area contributed by atoms with Crippen molar-refractivity contribution in [1.29, 1.82) is 0 Å². The van der Waals surface area contributed by atoms with Crippen LogP contribution in [0.1, 0.15) is 17.2 Å². The smallest absolute Gasteiger partial charge is 0.142 e. The third kappa shape index (κ3) is 2.48. The zero-order chi connectivity index (χ0) is 14.1. The zero-order valence-electron chi connectivity index (χ0n) is 11.4. The van der Waals surface area contributed by atoms with Crippen LogP contribution in [0, 0.1) is 6.92 Å². The van der Waals surface area contributed by atoms with Crippen molar-refractivity contribution in [2.45, 2.75) is 13.0 Å². The first-order valence-corrected chi connectivity index (χ1v) is 7.30. The molecule has 0 spiro atoms. The highest BCUT2D eigenvalue weighted by Crippen LogP contribution is 2.38. The van der Waals surface area contributed by atoms with Crippen LogP contribution < -0.4 is 14.8 Å². The summed E-state index contributed by atoms with van der Waals surface area (Å²) in [5, 5.41) is 3.52.